The van der Waals surface area contributed by atoms with Crippen molar-refractivity contribution < 1.29 is 13.9 Å². The van der Waals surface area contributed by atoms with Crippen molar-refractivity contribution in [3.8, 4) is 0 Å². The van der Waals surface area contributed by atoms with Gasteiger partial charge in [-0.05, 0) is 18.2 Å². The van der Waals surface area contributed by atoms with Crippen LogP contribution in [0, 0.1) is 5.82 Å². The number of halogens is 1. The lowest BCUT2D eigenvalue weighted by Crippen LogP contribution is -2.35. The maximum Gasteiger partial charge on any atom is 0.414 e. The second-order valence-electron chi connectivity index (χ2n) is 4.83. The summed E-state index contributed by atoms with van der Waals surface area (Å²) in [5.41, 5.74) is 9.17. The number of hydrazone groups is 1. The summed E-state index contributed by atoms with van der Waals surface area (Å²) >= 11 is 0. The summed E-state index contributed by atoms with van der Waals surface area (Å²) in [5, 5.41) is 3.89. The lowest BCUT2D eigenvalue weighted by Gasteiger charge is -2.24. The minimum atomic E-state index is -0.499. The van der Waals surface area contributed by atoms with E-state index in [9.17, 15) is 9.18 Å². The number of hydrogen-bond acceptors (Lipinski definition) is 6. The number of benzene rings is 1. The second-order valence-corrected chi connectivity index (χ2v) is 4.83. The first kappa shape index (κ1) is 13.6. The van der Waals surface area contributed by atoms with Crippen molar-refractivity contribution in [3.63, 3.8) is 0 Å². The topological polar surface area (TPSA) is 83.2 Å². The number of amides is 1. The van der Waals surface area contributed by atoms with Crippen molar-refractivity contribution in [1.29, 1.82) is 0 Å². The molecule has 2 heterocycles. The maximum atomic E-state index is 14.3. The van der Waals surface area contributed by atoms with Gasteiger partial charge in [0.1, 0.15) is 18.3 Å². The molecule has 0 saturated carbocycles. The van der Waals surface area contributed by atoms with E-state index in [4.69, 9.17) is 10.5 Å². The molecule has 8 heteroatoms. The minimum absolute atomic E-state index is 0.250. The molecular weight excluding hydrogens is 277 g/mol. The number of cyclic esters (lactones) is 1. The molecule has 3 rings (SSSR count). The first-order valence-corrected chi connectivity index (χ1v) is 6.69. The van der Waals surface area contributed by atoms with Crippen LogP contribution in [0.2, 0.25) is 0 Å². The molecule has 0 spiro atoms. The molecule has 2 aliphatic heterocycles. The Hall–Kier alpha value is -2.35. The molecule has 0 aliphatic carbocycles. The number of hydrogen-bond donors (Lipinski definition) is 2. The van der Waals surface area contributed by atoms with Gasteiger partial charge in [0.25, 0.3) is 0 Å². The number of rotatable bonds is 3. The third kappa shape index (κ3) is 2.62. The van der Waals surface area contributed by atoms with Gasteiger partial charge in [0.05, 0.1) is 24.5 Å². The van der Waals surface area contributed by atoms with Gasteiger partial charge in [-0.3, -0.25) is 4.90 Å². The summed E-state index contributed by atoms with van der Waals surface area (Å²) in [6, 6.07) is 4.64. The summed E-state index contributed by atoms with van der Waals surface area (Å²) < 4.78 is 19.3. The molecule has 1 atom stereocenters. The minimum Gasteiger partial charge on any atom is -0.443 e. The maximum absolute atomic E-state index is 14.3. The lowest BCUT2D eigenvalue weighted by molar-refractivity contribution is 0.145. The molecular formula is C13H16FN5O2. The number of anilines is 2. The van der Waals surface area contributed by atoms with Crippen molar-refractivity contribution in [2.24, 2.45) is 10.8 Å². The van der Waals surface area contributed by atoms with Crippen LogP contribution < -0.4 is 21.0 Å². The van der Waals surface area contributed by atoms with Crippen molar-refractivity contribution in [1.82, 2.24) is 5.43 Å². The van der Waals surface area contributed by atoms with E-state index in [1.54, 1.807) is 17.0 Å². The Morgan fingerprint density at radius 3 is 3.00 bits per heavy atom. The molecule has 1 fully saturated rings. The highest BCUT2D eigenvalue weighted by atomic mass is 19.1. The van der Waals surface area contributed by atoms with E-state index in [1.807, 2.05) is 0 Å². The fraction of sp³-hybridized carbons (Fsp3) is 0.385. The number of carbonyl (C=O) groups is 1. The molecule has 1 aromatic carbocycles. The van der Waals surface area contributed by atoms with Gasteiger partial charge in [0, 0.05) is 13.1 Å². The zero-order chi connectivity index (χ0) is 14.8. The van der Waals surface area contributed by atoms with E-state index >= 15 is 0 Å². The predicted molar refractivity (Wildman–Crippen MR) is 76.9 cm³/mol. The van der Waals surface area contributed by atoms with Crippen LogP contribution in [-0.4, -0.2) is 44.7 Å². The molecule has 1 saturated heterocycles. The van der Waals surface area contributed by atoms with Crippen LogP contribution in [0.3, 0.4) is 0 Å². The standard InChI is InChI=1S/C13H16FN5O2/c14-11-5-9(19-7-10(6-15)21-13(19)20)1-2-12(11)18-4-3-16-17-8-18/h1-2,5,8,10,16H,3-4,6-7,15H2. The Kier molecular flexibility index (Phi) is 3.61. The van der Waals surface area contributed by atoms with Gasteiger partial charge >= 0.3 is 6.09 Å². The molecule has 1 amide bonds. The number of nitrogens with one attached hydrogen (secondary N) is 1. The Balaban J connectivity index is 1.82. The van der Waals surface area contributed by atoms with E-state index < -0.39 is 11.9 Å². The van der Waals surface area contributed by atoms with Crippen molar-refractivity contribution in [3.05, 3.63) is 24.0 Å². The molecule has 0 radical (unpaired) electrons. The van der Waals surface area contributed by atoms with E-state index in [0.717, 1.165) is 0 Å². The number of nitrogens with zero attached hydrogens (tertiary/aromatic N) is 3. The monoisotopic (exact) mass is 293 g/mol. The highest BCUT2D eigenvalue weighted by Gasteiger charge is 2.31. The van der Waals surface area contributed by atoms with Crippen LogP contribution in [0.4, 0.5) is 20.6 Å². The molecule has 1 unspecified atom stereocenters. The van der Waals surface area contributed by atoms with Gasteiger partial charge in [-0.2, -0.15) is 5.10 Å². The molecule has 7 nitrogen and oxygen atoms in total. The number of carbonyl (C=O) groups excluding carboxylic acids is 1. The van der Waals surface area contributed by atoms with Gasteiger partial charge in [0.15, 0.2) is 0 Å². The van der Waals surface area contributed by atoms with Crippen LogP contribution in [-0.2, 0) is 4.74 Å². The Morgan fingerprint density at radius 1 is 1.52 bits per heavy atom. The second kappa shape index (κ2) is 5.57. The third-order valence-corrected chi connectivity index (χ3v) is 3.44. The molecule has 21 heavy (non-hydrogen) atoms. The van der Waals surface area contributed by atoms with Gasteiger partial charge in [-0.15, -0.1) is 0 Å². The Bertz CT molecular complexity index is 580. The first-order valence-electron chi connectivity index (χ1n) is 6.69. The van der Waals surface area contributed by atoms with Gasteiger partial charge in [-0.1, -0.05) is 0 Å². The van der Waals surface area contributed by atoms with E-state index in [2.05, 4.69) is 10.5 Å². The number of ether oxygens (including phenoxy) is 1. The largest absolute Gasteiger partial charge is 0.443 e. The zero-order valence-corrected chi connectivity index (χ0v) is 11.3. The first-order chi connectivity index (χ1) is 10.2. The van der Waals surface area contributed by atoms with Crippen molar-refractivity contribution >= 4 is 23.8 Å². The van der Waals surface area contributed by atoms with E-state index in [1.165, 1.54) is 17.3 Å². The summed E-state index contributed by atoms with van der Waals surface area (Å²) in [5.74, 6) is -0.412. The van der Waals surface area contributed by atoms with Crippen molar-refractivity contribution in [2.75, 3.05) is 36.0 Å². The fourth-order valence-electron chi connectivity index (χ4n) is 2.34. The van der Waals surface area contributed by atoms with Crippen LogP contribution in [0.5, 0.6) is 0 Å². The van der Waals surface area contributed by atoms with E-state index in [0.29, 0.717) is 31.0 Å². The summed E-state index contributed by atoms with van der Waals surface area (Å²) in [4.78, 5) is 14.8. The fourth-order valence-corrected chi connectivity index (χ4v) is 2.34. The van der Waals surface area contributed by atoms with Crippen LogP contribution in [0.1, 0.15) is 0 Å². The predicted octanol–water partition coefficient (Wildman–Crippen LogP) is 0.462. The summed E-state index contributed by atoms with van der Waals surface area (Å²) in [6.45, 7) is 1.86. The molecule has 2 aliphatic rings. The van der Waals surface area contributed by atoms with Gasteiger partial charge in [0.2, 0.25) is 0 Å². The average molecular weight is 293 g/mol. The smallest absolute Gasteiger partial charge is 0.414 e. The van der Waals surface area contributed by atoms with Crippen LogP contribution in [0.15, 0.2) is 23.3 Å². The Labute approximate surface area is 121 Å². The van der Waals surface area contributed by atoms with E-state index in [-0.39, 0.29) is 12.6 Å². The average Bonchev–Trinajstić information content (AvgIpc) is 2.89. The summed E-state index contributed by atoms with van der Waals surface area (Å²) in [7, 11) is 0. The molecule has 112 valence electrons. The highest BCUT2D eigenvalue weighted by molar-refractivity contribution is 5.90. The molecule has 0 aromatic heterocycles. The Morgan fingerprint density at radius 2 is 2.38 bits per heavy atom. The quantitative estimate of drug-likeness (QED) is 0.846. The normalized spacial score (nSPS) is 21.4. The molecule has 1 aromatic rings. The van der Waals surface area contributed by atoms with Crippen LogP contribution in [0.25, 0.3) is 0 Å². The van der Waals surface area contributed by atoms with Gasteiger partial charge < -0.3 is 20.8 Å². The zero-order valence-electron chi connectivity index (χ0n) is 11.3. The SMILES string of the molecule is NCC1CN(c2ccc(N3C=NNCC3)c(F)c2)C(=O)O1. The van der Waals surface area contributed by atoms with Crippen molar-refractivity contribution in [2.45, 2.75) is 6.10 Å². The van der Waals surface area contributed by atoms with Gasteiger partial charge in [-0.25, -0.2) is 9.18 Å². The third-order valence-electron chi connectivity index (χ3n) is 3.44. The number of nitrogens with two attached hydrogens (primary N) is 1. The molecule has 3 N–H and O–H groups in total. The molecule has 0 bridgehead atoms. The van der Waals surface area contributed by atoms with Crippen LogP contribution >= 0.6 is 0 Å². The lowest BCUT2D eigenvalue weighted by atomic mass is 10.2. The highest BCUT2D eigenvalue weighted by Crippen LogP contribution is 2.27. The summed E-state index contributed by atoms with van der Waals surface area (Å²) in [6.07, 6.45) is 0.692.